The Morgan fingerprint density at radius 1 is 1.11 bits per heavy atom. The zero-order valence-electron chi connectivity index (χ0n) is 11.3. The van der Waals surface area contributed by atoms with Gasteiger partial charge in [0.2, 0.25) is 0 Å². The van der Waals surface area contributed by atoms with Gasteiger partial charge in [-0.1, -0.05) is 12.1 Å². The Kier molecular flexibility index (Phi) is 3.83. The van der Waals surface area contributed by atoms with Crippen molar-refractivity contribution < 1.29 is 4.79 Å². The van der Waals surface area contributed by atoms with Crippen molar-refractivity contribution >= 4 is 5.91 Å². The molecule has 1 heterocycles. The summed E-state index contributed by atoms with van der Waals surface area (Å²) in [4.78, 5) is 12.0. The molecule has 0 spiro atoms. The van der Waals surface area contributed by atoms with Crippen LogP contribution >= 0.6 is 0 Å². The van der Waals surface area contributed by atoms with Crippen LogP contribution in [0.5, 0.6) is 0 Å². The molecule has 2 N–H and O–H groups in total. The van der Waals surface area contributed by atoms with Crippen LogP contribution in [-0.2, 0) is 0 Å². The van der Waals surface area contributed by atoms with Gasteiger partial charge in [0.05, 0.1) is 0 Å². The van der Waals surface area contributed by atoms with Crippen LogP contribution in [0.15, 0.2) is 24.3 Å². The summed E-state index contributed by atoms with van der Waals surface area (Å²) in [5.74, 6) is 0.690. The van der Waals surface area contributed by atoms with E-state index >= 15 is 0 Å². The number of hydrogen-bond donors (Lipinski definition) is 2. The van der Waals surface area contributed by atoms with Crippen molar-refractivity contribution in [2.24, 2.45) is 0 Å². The maximum Gasteiger partial charge on any atom is 0.251 e. The summed E-state index contributed by atoms with van der Waals surface area (Å²) in [5.41, 5.74) is 2.15. The number of hydrogen-bond acceptors (Lipinski definition) is 2. The molecule has 1 amide bonds. The van der Waals surface area contributed by atoms with Gasteiger partial charge in [0.1, 0.15) is 0 Å². The molecule has 102 valence electrons. The Hall–Kier alpha value is -1.35. The van der Waals surface area contributed by atoms with Gasteiger partial charge >= 0.3 is 0 Å². The second-order valence-corrected chi connectivity index (χ2v) is 5.77. The topological polar surface area (TPSA) is 41.1 Å². The van der Waals surface area contributed by atoms with Gasteiger partial charge in [-0.05, 0) is 62.3 Å². The van der Waals surface area contributed by atoms with Crippen molar-refractivity contribution in [1.82, 2.24) is 10.6 Å². The average molecular weight is 258 g/mol. The van der Waals surface area contributed by atoms with Crippen molar-refractivity contribution in [1.29, 1.82) is 0 Å². The summed E-state index contributed by atoms with van der Waals surface area (Å²) in [6.07, 6.45) is 6.02. The highest BCUT2D eigenvalue weighted by atomic mass is 16.1. The summed E-state index contributed by atoms with van der Waals surface area (Å²) < 4.78 is 0. The first-order chi connectivity index (χ1) is 9.33. The fourth-order valence-electron chi connectivity index (χ4n) is 2.86. The quantitative estimate of drug-likeness (QED) is 0.874. The molecule has 3 heteroatoms. The molecule has 2 aliphatic rings. The monoisotopic (exact) mass is 258 g/mol. The van der Waals surface area contributed by atoms with Crippen LogP contribution in [0.4, 0.5) is 0 Å². The lowest BCUT2D eigenvalue weighted by Gasteiger charge is -2.26. The van der Waals surface area contributed by atoms with Crippen LogP contribution in [-0.4, -0.2) is 25.0 Å². The van der Waals surface area contributed by atoms with Crippen molar-refractivity contribution in [3.05, 3.63) is 35.4 Å². The van der Waals surface area contributed by atoms with E-state index in [-0.39, 0.29) is 5.91 Å². The predicted octanol–water partition coefficient (Wildman–Crippen LogP) is 2.44. The van der Waals surface area contributed by atoms with Gasteiger partial charge in [0.25, 0.3) is 5.91 Å². The van der Waals surface area contributed by atoms with Crippen LogP contribution in [0.25, 0.3) is 0 Å². The van der Waals surface area contributed by atoms with E-state index in [0.29, 0.717) is 12.0 Å². The lowest BCUT2D eigenvalue weighted by molar-refractivity contribution is 0.0917. The highest BCUT2D eigenvalue weighted by Gasteiger charge is 2.20. The normalized spacial score (nSPS) is 23.7. The minimum atomic E-state index is 0.0815. The van der Waals surface area contributed by atoms with Gasteiger partial charge in [0, 0.05) is 18.2 Å². The molecule has 1 aromatic carbocycles. The van der Waals surface area contributed by atoms with Crippen molar-refractivity contribution in [3.8, 4) is 0 Å². The molecule has 1 aliphatic carbocycles. The first-order valence-corrected chi connectivity index (χ1v) is 7.44. The Bertz CT molecular complexity index is 431. The SMILES string of the molecule is O=C(NC1CCC1)c1ccc(C2CCCNC2)cc1. The standard InChI is InChI=1S/C16H22N2O/c19-16(18-15-4-1-5-15)13-8-6-12(7-9-13)14-3-2-10-17-11-14/h6-9,14-15,17H,1-5,10-11H2,(H,18,19). The van der Waals surface area contributed by atoms with Gasteiger partial charge in [-0.3, -0.25) is 4.79 Å². The molecule has 0 aromatic heterocycles. The highest BCUT2D eigenvalue weighted by Crippen LogP contribution is 2.23. The molecule has 0 bridgehead atoms. The van der Waals surface area contributed by atoms with Gasteiger partial charge < -0.3 is 10.6 Å². The summed E-state index contributed by atoms with van der Waals surface area (Å²) in [7, 11) is 0. The molecule has 1 unspecified atom stereocenters. The van der Waals surface area contributed by atoms with E-state index in [1.165, 1.54) is 24.8 Å². The molecule has 1 atom stereocenters. The minimum Gasteiger partial charge on any atom is -0.349 e. The molecule has 3 rings (SSSR count). The van der Waals surface area contributed by atoms with Crippen LogP contribution in [0.1, 0.15) is 53.9 Å². The predicted molar refractivity (Wildman–Crippen MR) is 76.4 cm³/mol. The van der Waals surface area contributed by atoms with Crippen molar-refractivity contribution in [2.45, 2.75) is 44.1 Å². The van der Waals surface area contributed by atoms with Gasteiger partial charge in [-0.2, -0.15) is 0 Å². The first-order valence-electron chi connectivity index (χ1n) is 7.44. The van der Waals surface area contributed by atoms with E-state index in [9.17, 15) is 4.79 Å². The van der Waals surface area contributed by atoms with Gasteiger partial charge in [-0.25, -0.2) is 0 Å². The number of carbonyl (C=O) groups is 1. The molecular formula is C16H22N2O. The highest BCUT2D eigenvalue weighted by molar-refractivity contribution is 5.94. The second kappa shape index (κ2) is 5.74. The second-order valence-electron chi connectivity index (χ2n) is 5.77. The number of rotatable bonds is 3. The summed E-state index contributed by atoms with van der Waals surface area (Å²) in [6.45, 7) is 2.20. The third kappa shape index (κ3) is 2.98. The Labute approximate surface area is 114 Å². The van der Waals surface area contributed by atoms with Crippen LogP contribution in [0.2, 0.25) is 0 Å². The van der Waals surface area contributed by atoms with E-state index in [2.05, 4.69) is 22.8 Å². The summed E-state index contributed by atoms with van der Waals surface area (Å²) >= 11 is 0. The molecular weight excluding hydrogens is 236 g/mol. The van der Waals surface area contributed by atoms with Gasteiger partial charge in [0.15, 0.2) is 0 Å². The maximum atomic E-state index is 12.0. The van der Waals surface area contributed by atoms with Crippen molar-refractivity contribution in [2.75, 3.05) is 13.1 Å². The number of amides is 1. The Balaban J connectivity index is 1.62. The van der Waals surface area contributed by atoms with Gasteiger partial charge in [-0.15, -0.1) is 0 Å². The average Bonchev–Trinajstić information content (AvgIpc) is 2.44. The maximum absolute atomic E-state index is 12.0. The lowest BCUT2D eigenvalue weighted by atomic mass is 9.90. The van der Waals surface area contributed by atoms with E-state index in [4.69, 9.17) is 0 Å². The largest absolute Gasteiger partial charge is 0.349 e. The third-order valence-corrected chi connectivity index (χ3v) is 4.38. The summed E-state index contributed by atoms with van der Waals surface area (Å²) in [6, 6.07) is 8.59. The molecule has 1 saturated carbocycles. The zero-order valence-corrected chi connectivity index (χ0v) is 11.3. The molecule has 1 aliphatic heterocycles. The molecule has 1 saturated heterocycles. The van der Waals surface area contributed by atoms with E-state index in [0.717, 1.165) is 31.5 Å². The zero-order chi connectivity index (χ0) is 13.1. The van der Waals surface area contributed by atoms with E-state index in [1.807, 2.05) is 12.1 Å². The fraction of sp³-hybridized carbons (Fsp3) is 0.562. The third-order valence-electron chi connectivity index (χ3n) is 4.38. The van der Waals surface area contributed by atoms with E-state index in [1.54, 1.807) is 0 Å². The Morgan fingerprint density at radius 3 is 2.47 bits per heavy atom. The van der Waals surface area contributed by atoms with Crippen LogP contribution in [0, 0.1) is 0 Å². The smallest absolute Gasteiger partial charge is 0.251 e. The van der Waals surface area contributed by atoms with Crippen molar-refractivity contribution in [3.63, 3.8) is 0 Å². The lowest BCUT2D eigenvalue weighted by Crippen LogP contribution is -2.39. The molecule has 1 aromatic rings. The molecule has 3 nitrogen and oxygen atoms in total. The Morgan fingerprint density at radius 2 is 1.89 bits per heavy atom. The number of carbonyl (C=O) groups excluding carboxylic acids is 1. The fourth-order valence-corrected chi connectivity index (χ4v) is 2.86. The van der Waals surface area contributed by atoms with Crippen LogP contribution in [0.3, 0.4) is 0 Å². The van der Waals surface area contributed by atoms with Crippen LogP contribution < -0.4 is 10.6 Å². The minimum absolute atomic E-state index is 0.0815. The number of piperidine rings is 1. The number of nitrogens with one attached hydrogen (secondary N) is 2. The summed E-state index contributed by atoms with van der Waals surface area (Å²) in [5, 5.41) is 6.51. The van der Waals surface area contributed by atoms with E-state index < -0.39 is 0 Å². The first kappa shape index (κ1) is 12.7. The molecule has 2 fully saturated rings. The number of benzene rings is 1. The molecule has 0 radical (unpaired) electrons. The molecule has 19 heavy (non-hydrogen) atoms.